The molecule has 0 aliphatic heterocycles. The minimum Gasteiger partial charge on any atom is -0.342 e. The zero-order valence-electron chi connectivity index (χ0n) is 17.6. The second-order valence-corrected chi connectivity index (χ2v) is 7.91. The van der Waals surface area contributed by atoms with Gasteiger partial charge in [0.05, 0.1) is 17.4 Å². The van der Waals surface area contributed by atoms with Crippen LogP contribution in [0, 0.1) is 12.7 Å². The highest BCUT2D eigenvalue weighted by Crippen LogP contribution is 2.21. The van der Waals surface area contributed by atoms with E-state index in [4.69, 9.17) is 0 Å². The van der Waals surface area contributed by atoms with Gasteiger partial charge in [-0.3, -0.25) is 9.59 Å². The molecule has 162 valence electrons. The van der Waals surface area contributed by atoms with E-state index in [1.165, 1.54) is 30.0 Å². The Morgan fingerprint density at radius 3 is 2.65 bits per heavy atom. The van der Waals surface area contributed by atoms with Gasteiger partial charge in [0.2, 0.25) is 5.91 Å². The highest BCUT2D eigenvalue weighted by atomic mass is 32.2. The fourth-order valence-corrected chi connectivity index (χ4v) is 3.87. The average Bonchev–Trinajstić information content (AvgIpc) is 3.15. The lowest BCUT2D eigenvalue weighted by Gasteiger charge is -2.15. The van der Waals surface area contributed by atoms with Crippen LogP contribution in [0.5, 0.6) is 0 Å². The molecule has 7 nitrogen and oxygen atoms in total. The van der Waals surface area contributed by atoms with Crippen LogP contribution in [0.1, 0.15) is 41.6 Å². The van der Waals surface area contributed by atoms with Crippen LogP contribution < -0.4 is 10.6 Å². The summed E-state index contributed by atoms with van der Waals surface area (Å²) in [6.07, 6.45) is 0. The van der Waals surface area contributed by atoms with Crippen molar-refractivity contribution in [2.24, 2.45) is 0 Å². The number of nitrogens with one attached hydrogen (secondary N) is 2. The summed E-state index contributed by atoms with van der Waals surface area (Å²) < 4.78 is 15.7. The standard InChI is InChI=1S/C22H24FN5O2S/c1-4-28-20(15(3)24-21(30)17-10-5-6-11-18(17)23)26-27-22(28)31-13-19(29)25-16-9-7-8-14(2)12-16/h5-12,15H,4,13H2,1-3H3,(H,24,30)(H,25,29)/t15-/m0/s1. The van der Waals surface area contributed by atoms with E-state index >= 15 is 0 Å². The number of amides is 2. The molecule has 0 spiro atoms. The predicted octanol–water partition coefficient (Wildman–Crippen LogP) is 3.97. The number of hydrogen-bond acceptors (Lipinski definition) is 5. The molecular formula is C22H24FN5O2S. The maximum Gasteiger partial charge on any atom is 0.254 e. The Labute approximate surface area is 184 Å². The summed E-state index contributed by atoms with van der Waals surface area (Å²) in [5.74, 6) is -0.553. The van der Waals surface area contributed by atoms with E-state index in [-0.39, 0.29) is 17.2 Å². The molecule has 2 amide bonds. The van der Waals surface area contributed by atoms with Crippen LogP contribution in [0.3, 0.4) is 0 Å². The van der Waals surface area contributed by atoms with Crippen molar-refractivity contribution in [1.29, 1.82) is 0 Å². The van der Waals surface area contributed by atoms with Crippen LogP contribution in [-0.2, 0) is 11.3 Å². The maximum atomic E-state index is 13.9. The third-order valence-corrected chi connectivity index (χ3v) is 5.52. The molecule has 2 aromatic carbocycles. The van der Waals surface area contributed by atoms with Gasteiger partial charge in [-0.25, -0.2) is 4.39 Å². The van der Waals surface area contributed by atoms with Crippen molar-refractivity contribution >= 4 is 29.3 Å². The molecule has 0 saturated carbocycles. The minimum atomic E-state index is -0.583. The number of benzene rings is 2. The van der Waals surface area contributed by atoms with E-state index in [0.717, 1.165) is 11.3 Å². The first-order valence-electron chi connectivity index (χ1n) is 9.86. The Balaban J connectivity index is 1.63. The molecule has 1 heterocycles. The summed E-state index contributed by atoms with van der Waals surface area (Å²) >= 11 is 1.26. The summed E-state index contributed by atoms with van der Waals surface area (Å²) in [5, 5.41) is 14.5. The fourth-order valence-electron chi connectivity index (χ4n) is 3.06. The Morgan fingerprint density at radius 1 is 1.16 bits per heavy atom. The third-order valence-electron chi connectivity index (χ3n) is 4.55. The lowest BCUT2D eigenvalue weighted by molar-refractivity contribution is -0.113. The molecule has 1 atom stereocenters. The van der Waals surface area contributed by atoms with Crippen molar-refractivity contribution in [2.75, 3.05) is 11.1 Å². The van der Waals surface area contributed by atoms with Crippen molar-refractivity contribution in [2.45, 2.75) is 38.5 Å². The maximum absolute atomic E-state index is 13.9. The molecule has 0 bridgehead atoms. The van der Waals surface area contributed by atoms with Crippen molar-refractivity contribution in [1.82, 2.24) is 20.1 Å². The number of aromatic nitrogens is 3. The van der Waals surface area contributed by atoms with Gasteiger partial charge in [-0.2, -0.15) is 0 Å². The zero-order valence-corrected chi connectivity index (χ0v) is 18.4. The number of anilines is 1. The first kappa shape index (κ1) is 22.5. The molecule has 2 N–H and O–H groups in total. The molecule has 3 aromatic rings. The number of carbonyl (C=O) groups is 2. The van der Waals surface area contributed by atoms with E-state index in [1.54, 1.807) is 13.0 Å². The van der Waals surface area contributed by atoms with Crippen LogP contribution >= 0.6 is 11.8 Å². The number of hydrogen-bond donors (Lipinski definition) is 2. The topological polar surface area (TPSA) is 88.9 Å². The number of carbonyl (C=O) groups excluding carboxylic acids is 2. The van der Waals surface area contributed by atoms with E-state index in [0.29, 0.717) is 17.5 Å². The van der Waals surface area contributed by atoms with Gasteiger partial charge in [-0.1, -0.05) is 36.0 Å². The van der Waals surface area contributed by atoms with Gasteiger partial charge >= 0.3 is 0 Å². The van der Waals surface area contributed by atoms with Crippen LogP contribution in [0.25, 0.3) is 0 Å². The van der Waals surface area contributed by atoms with Crippen molar-refractivity contribution in [3.63, 3.8) is 0 Å². The molecule has 0 saturated heterocycles. The third kappa shape index (κ3) is 5.69. The van der Waals surface area contributed by atoms with Gasteiger partial charge in [0.15, 0.2) is 11.0 Å². The highest BCUT2D eigenvalue weighted by molar-refractivity contribution is 7.99. The molecule has 9 heteroatoms. The van der Waals surface area contributed by atoms with E-state index in [9.17, 15) is 14.0 Å². The molecule has 0 radical (unpaired) electrons. The number of halogens is 1. The van der Waals surface area contributed by atoms with Crippen molar-refractivity contribution < 1.29 is 14.0 Å². The zero-order chi connectivity index (χ0) is 22.4. The first-order valence-corrected chi connectivity index (χ1v) is 10.9. The Hall–Kier alpha value is -3.20. The second kappa shape index (κ2) is 10.2. The van der Waals surface area contributed by atoms with Crippen LogP contribution in [0.4, 0.5) is 10.1 Å². The monoisotopic (exact) mass is 441 g/mol. The second-order valence-electron chi connectivity index (χ2n) is 6.97. The summed E-state index contributed by atoms with van der Waals surface area (Å²) in [7, 11) is 0. The van der Waals surface area contributed by atoms with E-state index in [2.05, 4.69) is 20.8 Å². The van der Waals surface area contributed by atoms with Gasteiger partial charge in [0.25, 0.3) is 5.91 Å². The lowest BCUT2D eigenvalue weighted by atomic mass is 10.2. The van der Waals surface area contributed by atoms with Gasteiger partial charge in [0.1, 0.15) is 5.82 Å². The lowest BCUT2D eigenvalue weighted by Crippen LogP contribution is -2.29. The first-order chi connectivity index (χ1) is 14.9. The number of aryl methyl sites for hydroxylation is 1. The summed E-state index contributed by atoms with van der Waals surface area (Å²) in [6, 6.07) is 12.9. The smallest absolute Gasteiger partial charge is 0.254 e. The van der Waals surface area contributed by atoms with E-state index in [1.807, 2.05) is 42.7 Å². The number of rotatable bonds is 8. The molecular weight excluding hydrogens is 417 g/mol. The number of thioether (sulfide) groups is 1. The number of nitrogens with zero attached hydrogens (tertiary/aromatic N) is 3. The Bertz CT molecular complexity index is 1090. The summed E-state index contributed by atoms with van der Waals surface area (Å²) in [6.45, 7) is 6.20. The normalized spacial score (nSPS) is 11.7. The quantitative estimate of drug-likeness (QED) is 0.517. The van der Waals surface area contributed by atoms with Crippen LogP contribution in [0.15, 0.2) is 53.7 Å². The largest absolute Gasteiger partial charge is 0.342 e. The highest BCUT2D eigenvalue weighted by Gasteiger charge is 2.21. The molecule has 31 heavy (non-hydrogen) atoms. The molecule has 1 aromatic heterocycles. The summed E-state index contributed by atoms with van der Waals surface area (Å²) in [4.78, 5) is 24.7. The molecule has 0 fully saturated rings. The molecule has 0 aliphatic carbocycles. The minimum absolute atomic E-state index is 0.0284. The van der Waals surface area contributed by atoms with Gasteiger partial charge < -0.3 is 15.2 Å². The Morgan fingerprint density at radius 2 is 1.94 bits per heavy atom. The van der Waals surface area contributed by atoms with Crippen molar-refractivity contribution in [3.8, 4) is 0 Å². The SMILES string of the molecule is CCn1c(SCC(=O)Nc2cccc(C)c2)nnc1[C@H](C)NC(=O)c1ccccc1F. The summed E-state index contributed by atoms with van der Waals surface area (Å²) in [5.41, 5.74) is 1.78. The van der Waals surface area contributed by atoms with Crippen LogP contribution in [0.2, 0.25) is 0 Å². The fraction of sp³-hybridized carbons (Fsp3) is 0.273. The molecule has 0 unspecified atom stereocenters. The Kier molecular flexibility index (Phi) is 7.41. The molecule has 3 rings (SSSR count). The van der Waals surface area contributed by atoms with E-state index < -0.39 is 17.8 Å². The molecule has 0 aliphatic rings. The predicted molar refractivity (Wildman–Crippen MR) is 119 cm³/mol. The van der Waals surface area contributed by atoms with Gasteiger partial charge in [0, 0.05) is 12.2 Å². The van der Waals surface area contributed by atoms with Gasteiger partial charge in [-0.05, 0) is 50.6 Å². The van der Waals surface area contributed by atoms with Crippen molar-refractivity contribution in [3.05, 3.63) is 71.3 Å². The van der Waals surface area contributed by atoms with Gasteiger partial charge in [-0.15, -0.1) is 10.2 Å². The average molecular weight is 442 g/mol. The van der Waals surface area contributed by atoms with Crippen LogP contribution in [-0.4, -0.2) is 32.3 Å².